The number of nitrogens with one attached hydrogen (secondary N) is 1. The molecule has 1 fully saturated rings. The number of ether oxygens (including phenoxy) is 1. The van der Waals surface area contributed by atoms with Crippen molar-refractivity contribution in [2.45, 2.75) is 31.3 Å². The molecule has 1 aromatic heterocycles. The van der Waals surface area contributed by atoms with Gasteiger partial charge in [0.05, 0.1) is 19.3 Å². The van der Waals surface area contributed by atoms with Gasteiger partial charge in [0.15, 0.2) is 0 Å². The maximum Gasteiger partial charge on any atom is 0.129 e. The third-order valence-corrected chi connectivity index (χ3v) is 2.95. The molecule has 1 aliphatic heterocycles. The highest BCUT2D eigenvalue weighted by Gasteiger charge is 2.38. The Morgan fingerprint density at radius 2 is 2.17 bits per heavy atom. The first-order chi connectivity index (χ1) is 8.61. The number of rotatable bonds is 3. The van der Waals surface area contributed by atoms with E-state index in [0.717, 1.165) is 5.69 Å². The SMILES string of the molecule is Cc1cc(N[C@H]2CO[C@H](CO)[C@H](O)[C@@H]2O)ncn1. The fourth-order valence-corrected chi connectivity index (χ4v) is 1.89. The van der Waals surface area contributed by atoms with E-state index in [2.05, 4.69) is 15.3 Å². The second-order valence-corrected chi connectivity index (χ2v) is 4.33. The van der Waals surface area contributed by atoms with Crippen molar-refractivity contribution in [1.29, 1.82) is 0 Å². The summed E-state index contributed by atoms with van der Waals surface area (Å²) in [6.45, 7) is 1.70. The maximum atomic E-state index is 9.92. The highest BCUT2D eigenvalue weighted by molar-refractivity contribution is 5.36. The first kappa shape index (κ1) is 13.2. The number of anilines is 1. The van der Waals surface area contributed by atoms with E-state index in [1.807, 2.05) is 6.92 Å². The lowest BCUT2D eigenvalue weighted by Crippen LogP contribution is -2.56. The van der Waals surface area contributed by atoms with Crippen molar-refractivity contribution in [3.8, 4) is 0 Å². The molecule has 4 N–H and O–H groups in total. The maximum absolute atomic E-state index is 9.92. The Bertz CT molecular complexity index is 404. The van der Waals surface area contributed by atoms with E-state index in [1.165, 1.54) is 6.33 Å². The summed E-state index contributed by atoms with van der Waals surface area (Å²) in [6.07, 6.45) is -1.47. The molecular weight excluding hydrogens is 238 g/mol. The van der Waals surface area contributed by atoms with Gasteiger partial charge in [0.2, 0.25) is 0 Å². The summed E-state index contributed by atoms with van der Waals surface area (Å²) in [4.78, 5) is 7.98. The monoisotopic (exact) mass is 255 g/mol. The highest BCUT2D eigenvalue weighted by Crippen LogP contribution is 2.18. The summed E-state index contributed by atoms with van der Waals surface area (Å²) in [5.41, 5.74) is 0.799. The fourth-order valence-electron chi connectivity index (χ4n) is 1.89. The first-order valence-corrected chi connectivity index (χ1v) is 5.75. The molecule has 7 heteroatoms. The van der Waals surface area contributed by atoms with Crippen LogP contribution in [0.2, 0.25) is 0 Å². The van der Waals surface area contributed by atoms with Gasteiger partial charge in [-0.1, -0.05) is 0 Å². The summed E-state index contributed by atoms with van der Waals surface area (Å²) in [7, 11) is 0. The van der Waals surface area contributed by atoms with Crippen LogP contribution < -0.4 is 5.32 Å². The Balaban J connectivity index is 2.02. The smallest absolute Gasteiger partial charge is 0.129 e. The van der Waals surface area contributed by atoms with E-state index in [-0.39, 0.29) is 13.2 Å². The minimum absolute atomic E-state index is 0.187. The molecule has 1 saturated heterocycles. The van der Waals surface area contributed by atoms with E-state index in [1.54, 1.807) is 6.07 Å². The van der Waals surface area contributed by atoms with Crippen molar-refractivity contribution in [3.05, 3.63) is 18.1 Å². The lowest BCUT2D eigenvalue weighted by Gasteiger charge is -2.37. The van der Waals surface area contributed by atoms with Crippen LogP contribution in [-0.2, 0) is 4.74 Å². The normalized spacial score (nSPS) is 32.2. The molecule has 1 aliphatic rings. The Morgan fingerprint density at radius 1 is 1.39 bits per heavy atom. The Kier molecular flexibility index (Phi) is 4.07. The van der Waals surface area contributed by atoms with Crippen molar-refractivity contribution in [2.24, 2.45) is 0 Å². The molecule has 2 heterocycles. The van der Waals surface area contributed by atoms with Gasteiger partial charge in [0.1, 0.15) is 30.5 Å². The molecule has 0 saturated carbocycles. The molecule has 0 bridgehead atoms. The molecule has 7 nitrogen and oxygen atoms in total. The van der Waals surface area contributed by atoms with Crippen LogP contribution in [0, 0.1) is 6.92 Å². The lowest BCUT2D eigenvalue weighted by atomic mass is 9.98. The molecule has 0 spiro atoms. The van der Waals surface area contributed by atoms with E-state index < -0.39 is 24.4 Å². The quantitative estimate of drug-likeness (QED) is 0.530. The second-order valence-electron chi connectivity index (χ2n) is 4.33. The molecular formula is C11H17N3O4. The van der Waals surface area contributed by atoms with E-state index in [4.69, 9.17) is 9.84 Å². The van der Waals surface area contributed by atoms with Crippen LogP contribution in [0.1, 0.15) is 5.69 Å². The van der Waals surface area contributed by atoms with E-state index in [0.29, 0.717) is 5.82 Å². The van der Waals surface area contributed by atoms with Gasteiger partial charge in [-0.05, 0) is 6.92 Å². The third-order valence-electron chi connectivity index (χ3n) is 2.95. The van der Waals surface area contributed by atoms with Gasteiger partial charge >= 0.3 is 0 Å². The van der Waals surface area contributed by atoms with Crippen molar-refractivity contribution >= 4 is 5.82 Å². The van der Waals surface area contributed by atoms with Gasteiger partial charge in [0.25, 0.3) is 0 Å². The van der Waals surface area contributed by atoms with Crippen LogP contribution in [0.3, 0.4) is 0 Å². The molecule has 0 amide bonds. The Labute approximate surface area is 104 Å². The second kappa shape index (κ2) is 5.57. The average molecular weight is 255 g/mol. The zero-order valence-electron chi connectivity index (χ0n) is 10.0. The van der Waals surface area contributed by atoms with Gasteiger partial charge < -0.3 is 25.4 Å². The van der Waals surface area contributed by atoms with Crippen LogP contribution in [-0.4, -0.2) is 62.9 Å². The molecule has 2 rings (SSSR count). The van der Waals surface area contributed by atoms with E-state index in [9.17, 15) is 10.2 Å². The molecule has 0 aliphatic carbocycles. The van der Waals surface area contributed by atoms with Crippen molar-refractivity contribution < 1.29 is 20.1 Å². The Morgan fingerprint density at radius 3 is 2.83 bits per heavy atom. The predicted octanol–water partition coefficient (Wildman–Crippen LogP) is -1.32. The molecule has 4 atom stereocenters. The number of nitrogens with zero attached hydrogens (tertiary/aromatic N) is 2. The van der Waals surface area contributed by atoms with Crippen LogP contribution in [0.15, 0.2) is 12.4 Å². The van der Waals surface area contributed by atoms with Gasteiger partial charge in [-0.15, -0.1) is 0 Å². The number of aromatic nitrogens is 2. The van der Waals surface area contributed by atoms with Gasteiger partial charge in [-0.25, -0.2) is 9.97 Å². The summed E-state index contributed by atoms with van der Waals surface area (Å²) < 4.78 is 5.26. The van der Waals surface area contributed by atoms with Gasteiger partial charge in [-0.2, -0.15) is 0 Å². The summed E-state index contributed by atoms with van der Waals surface area (Å²) in [5, 5.41) is 31.6. The number of aliphatic hydroxyl groups excluding tert-OH is 3. The minimum atomic E-state index is -1.12. The Hall–Kier alpha value is -1.28. The van der Waals surface area contributed by atoms with Gasteiger partial charge in [0, 0.05) is 11.8 Å². The van der Waals surface area contributed by atoms with Crippen molar-refractivity contribution in [1.82, 2.24) is 9.97 Å². The van der Waals surface area contributed by atoms with Crippen LogP contribution >= 0.6 is 0 Å². The third kappa shape index (κ3) is 2.75. The molecule has 0 unspecified atom stereocenters. The van der Waals surface area contributed by atoms with Crippen LogP contribution in [0.5, 0.6) is 0 Å². The average Bonchev–Trinajstić information content (AvgIpc) is 2.35. The highest BCUT2D eigenvalue weighted by atomic mass is 16.5. The summed E-state index contributed by atoms with van der Waals surface area (Å²) >= 11 is 0. The minimum Gasteiger partial charge on any atom is -0.394 e. The number of hydrogen-bond acceptors (Lipinski definition) is 7. The topological polar surface area (TPSA) is 108 Å². The summed E-state index contributed by atoms with van der Waals surface area (Å²) in [6, 6.07) is 1.26. The first-order valence-electron chi connectivity index (χ1n) is 5.75. The van der Waals surface area contributed by atoms with Crippen molar-refractivity contribution in [2.75, 3.05) is 18.5 Å². The molecule has 100 valence electrons. The number of hydrogen-bond donors (Lipinski definition) is 4. The molecule has 0 aromatic carbocycles. The standard InChI is InChI=1S/C11H17N3O4/c1-6-2-9(13-5-12-6)14-7-4-18-8(3-15)11(17)10(7)16/h2,5,7-8,10-11,15-17H,3-4H2,1H3,(H,12,13,14)/t7-,8+,10+,11-/m0/s1. The largest absolute Gasteiger partial charge is 0.394 e. The lowest BCUT2D eigenvalue weighted by molar-refractivity contribution is -0.152. The number of aryl methyl sites for hydroxylation is 1. The van der Waals surface area contributed by atoms with Crippen LogP contribution in [0.25, 0.3) is 0 Å². The van der Waals surface area contributed by atoms with Crippen LogP contribution in [0.4, 0.5) is 5.82 Å². The zero-order valence-corrected chi connectivity index (χ0v) is 10.0. The van der Waals surface area contributed by atoms with E-state index >= 15 is 0 Å². The van der Waals surface area contributed by atoms with Crippen molar-refractivity contribution in [3.63, 3.8) is 0 Å². The zero-order chi connectivity index (χ0) is 13.1. The fraction of sp³-hybridized carbons (Fsp3) is 0.636. The molecule has 18 heavy (non-hydrogen) atoms. The molecule has 1 aromatic rings. The molecule has 0 radical (unpaired) electrons. The number of aliphatic hydroxyl groups is 3. The predicted molar refractivity (Wildman–Crippen MR) is 63.0 cm³/mol. The summed E-state index contributed by atoms with van der Waals surface area (Å²) in [5.74, 6) is 0.560. The van der Waals surface area contributed by atoms with Gasteiger partial charge in [-0.3, -0.25) is 0 Å².